The van der Waals surface area contributed by atoms with Gasteiger partial charge in [-0.15, -0.1) is 0 Å². The second kappa shape index (κ2) is 11.0. The summed E-state index contributed by atoms with van der Waals surface area (Å²) in [7, 11) is 0. The highest BCUT2D eigenvalue weighted by Gasteiger charge is 2.28. The third-order valence-corrected chi connectivity index (χ3v) is 6.22. The number of aromatic hydroxyl groups is 1. The first kappa shape index (κ1) is 22.1. The van der Waals surface area contributed by atoms with Gasteiger partial charge in [-0.25, -0.2) is 0 Å². The summed E-state index contributed by atoms with van der Waals surface area (Å²) < 4.78 is 5.94. The molecule has 0 saturated heterocycles. The monoisotopic (exact) mass is 418 g/mol. The highest BCUT2D eigenvalue weighted by Crippen LogP contribution is 2.20. The van der Waals surface area contributed by atoms with Crippen molar-refractivity contribution in [2.24, 2.45) is 0 Å². The second-order valence-corrected chi connectivity index (χ2v) is 8.62. The molecule has 3 atom stereocenters. The molecule has 1 aliphatic rings. The first-order valence-electron chi connectivity index (χ1n) is 10.7. The number of benzene rings is 2. The lowest BCUT2D eigenvalue weighted by molar-refractivity contribution is -0.943. The average Bonchev–Trinajstić information content (AvgIpc) is 2.74. The third kappa shape index (κ3) is 6.71. The number of aliphatic hydroxyl groups is 1. The Morgan fingerprint density at radius 2 is 1.76 bits per heavy atom. The smallest absolute Gasteiger partial charge is 0.126 e. The van der Waals surface area contributed by atoms with Crippen LogP contribution in [-0.4, -0.2) is 35.5 Å². The van der Waals surface area contributed by atoms with Crippen LogP contribution < -0.4 is 4.90 Å². The fourth-order valence-corrected chi connectivity index (χ4v) is 4.37. The number of hydrogen-bond donors (Lipinski definition) is 3. The van der Waals surface area contributed by atoms with Gasteiger partial charge in [0.1, 0.15) is 24.9 Å². The van der Waals surface area contributed by atoms with E-state index in [0.29, 0.717) is 30.0 Å². The molecule has 5 heteroatoms. The van der Waals surface area contributed by atoms with Gasteiger partial charge < -0.3 is 19.8 Å². The minimum Gasteiger partial charge on any atom is -0.507 e. The molecular formula is C24H33ClNO3+. The number of nitrogens with one attached hydrogen (secondary N) is 1. The quantitative estimate of drug-likeness (QED) is 0.578. The molecule has 1 aliphatic carbocycles. The zero-order valence-electron chi connectivity index (χ0n) is 17.2. The molecule has 0 bridgehead atoms. The van der Waals surface area contributed by atoms with Gasteiger partial charge in [0.2, 0.25) is 0 Å². The molecule has 29 heavy (non-hydrogen) atoms. The summed E-state index contributed by atoms with van der Waals surface area (Å²) in [4.78, 5) is 1.33. The minimum atomic E-state index is -0.549. The molecule has 3 N–H and O–H groups in total. The van der Waals surface area contributed by atoms with Crippen LogP contribution in [-0.2, 0) is 11.3 Å². The molecule has 0 heterocycles. The molecule has 0 radical (unpaired) electrons. The van der Waals surface area contributed by atoms with E-state index >= 15 is 0 Å². The lowest BCUT2D eigenvalue weighted by Crippen LogP contribution is -3.15. The summed E-state index contributed by atoms with van der Waals surface area (Å²) in [5, 5.41) is 21.6. The largest absolute Gasteiger partial charge is 0.507 e. The SMILES string of the molecule is C[C@@H](OC[C@H](O)C[NH+](Cc1ccccc1O)C1CCCCC1)c1ccc(Cl)cc1. The molecule has 0 aromatic heterocycles. The van der Waals surface area contributed by atoms with Gasteiger partial charge in [0.05, 0.1) is 18.8 Å². The maximum absolute atomic E-state index is 10.7. The fraction of sp³-hybridized carbons (Fsp3) is 0.500. The van der Waals surface area contributed by atoms with Crippen molar-refractivity contribution in [2.45, 2.75) is 63.8 Å². The third-order valence-electron chi connectivity index (χ3n) is 5.97. The van der Waals surface area contributed by atoms with E-state index in [4.69, 9.17) is 16.3 Å². The average molecular weight is 419 g/mol. The lowest BCUT2D eigenvalue weighted by atomic mass is 9.93. The van der Waals surface area contributed by atoms with Crippen LogP contribution in [0.2, 0.25) is 5.02 Å². The van der Waals surface area contributed by atoms with Gasteiger partial charge in [0, 0.05) is 10.6 Å². The molecule has 2 aromatic carbocycles. The predicted molar refractivity (Wildman–Crippen MR) is 116 cm³/mol. The molecule has 0 amide bonds. The maximum Gasteiger partial charge on any atom is 0.126 e. The van der Waals surface area contributed by atoms with Gasteiger partial charge in [-0.05, 0) is 62.4 Å². The summed E-state index contributed by atoms with van der Waals surface area (Å²) in [6.07, 6.45) is 5.50. The highest BCUT2D eigenvalue weighted by molar-refractivity contribution is 6.30. The Bertz CT molecular complexity index is 746. The predicted octanol–water partition coefficient (Wildman–Crippen LogP) is 3.90. The number of hydrogen-bond acceptors (Lipinski definition) is 3. The van der Waals surface area contributed by atoms with Gasteiger partial charge in [-0.2, -0.15) is 0 Å². The van der Waals surface area contributed by atoms with Crippen molar-refractivity contribution >= 4 is 11.6 Å². The summed E-state index contributed by atoms with van der Waals surface area (Å²) >= 11 is 5.95. The van der Waals surface area contributed by atoms with E-state index in [2.05, 4.69) is 0 Å². The zero-order chi connectivity index (χ0) is 20.6. The number of phenolic OH excluding ortho intramolecular Hbond substituents is 1. The Balaban J connectivity index is 1.58. The van der Waals surface area contributed by atoms with E-state index in [-0.39, 0.29) is 6.10 Å². The van der Waals surface area contributed by atoms with Crippen LogP contribution in [0.4, 0.5) is 0 Å². The van der Waals surface area contributed by atoms with Crippen molar-refractivity contribution in [2.75, 3.05) is 13.2 Å². The number of para-hydroxylation sites is 1. The molecule has 158 valence electrons. The van der Waals surface area contributed by atoms with Crippen LogP contribution in [0.5, 0.6) is 5.75 Å². The summed E-state index contributed by atoms with van der Waals surface area (Å²) in [6.45, 7) is 3.62. The molecular weight excluding hydrogens is 386 g/mol. The molecule has 0 aliphatic heterocycles. The van der Waals surface area contributed by atoms with Crippen LogP contribution in [0.15, 0.2) is 48.5 Å². The van der Waals surface area contributed by atoms with Gasteiger partial charge in [-0.3, -0.25) is 0 Å². The Morgan fingerprint density at radius 3 is 2.45 bits per heavy atom. The summed E-state index contributed by atoms with van der Waals surface area (Å²) in [5.41, 5.74) is 1.99. The van der Waals surface area contributed by atoms with Gasteiger partial charge in [0.15, 0.2) is 0 Å². The van der Waals surface area contributed by atoms with Crippen LogP contribution in [0.3, 0.4) is 0 Å². The Morgan fingerprint density at radius 1 is 1.07 bits per heavy atom. The molecule has 1 unspecified atom stereocenters. The van der Waals surface area contributed by atoms with Crippen LogP contribution >= 0.6 is 11.6 Å². The van der Waals surface area contributed by atoms with E-state index in [1.165, 1.54) is 37.0 Å². The van der Waals surface area contributed by atoms with Gasteiger partial charge >= 0.3 is 0 Å². The molecule has 0 spiro atoms. The Hall–Kier alpha value is -1.59. The fourth-order valence-electron chi connectivity index (χ4n) is 4.25. The van der Waals surface area contributed by atoms with Crippen molar-refractivity contribution in [3.63, 3.8) is 0 Å². The maximum atomic E-state index is 10.7. The van der Waals surface area contributed by atoms with E-state index in [1.807, 2.05) is 49.4 Å². The van der Waals surface area contributed by atoms with Crippen molar-refractivity contribution in [1.82, 2.24) is 0 Å². The number of quaternary nitrogens is 1. The van der Waals surface area contributed by atoms with Crippen molar-refractivity contribution in [3.8, 4) is 5.75 Å². The van der Waals surface area contributed by atoms with Crippen LogP contribution in [0, 0.1) is 0 Å². The van der Waals surface area contributed by atoms with E-state index in [0.717, 1.165) is 17.7 Å². The number of aliphatic hydroxyl groups excluding tert-OH is 1. The van der Waals surface area contributed by atoms with E-state index in [1.54, 1.807) is 6.07 Å². The van der Waals surface area contributed by atoms with E-state index < -0.39 is 6.10 Å². The van der Waals surface area contributed by atoms with Crippen molar-refractivity contribution in [1.29, 1.82) is 0 Å². The number of ether oxygens (including phenoxy) is 1. The highest BCUT2D eigenvalue weighted by atomic mass is 35.5. The second-order valence-electron chi connectivity index (χ2n) is 8.18. The van der Waals surface area contributed by atoms with Gasteiger partial charge in [-0.1, -0.05) is 42.3 Å². The molecule has 3 rings (SSSR count). The first-order chi connectivity index (χ1) is 14.0. The van der Waals surface area contributed by atoms with Gasteiger partial charge in [0.25, 0.3) is 0 Å². The van der Waals surface area contributed by atoms with Crippen LogP contribution in [0.1, 0.15) is 56.3 Å². The molecule has 1 saturated carbocycles. The van der Waals surface area contributed by atoms with Crippen LogP contribution in [0.25, 0.3) is 0 Å². The summed E-state index contributed by atoms with van der Waals surface area (Å²) in [6, 6.07) is 15.7. The van der Waals surface area contributed by atoms with E-state index in [9.17, 15) is 10.2 Å². The summed E-state index contributed by atoms with van der Waals surface area (Å²) in [5.74, 6) is 0.336. The molecule has 1 fully saturated rings. The number of halogens is 1. The standard InChI is InChI=1S/C24H32ClNO3/c1-18(19-11-13-21(25)14-12-19)29-17-23(27)16-26(22-8-3-2-4-9-22)15-20-7-5-6-10-24(20)28/h5-7,10-14,18,22-23,27-28H,2-4,8-9,15-17H2,1H3/p+1/t18-,23-/m1/s1. The normalized spacial score (nSPS) is 18.3. The minimum absolute atomic E-state index is 0.0989. The Labute approximate surface area is 179 Å². The topological polar surface area (TPSA) is 54.1 Å². The first-order valence-corrected chi connectivity index (χ1v) is 11.1. The lowest BCUT2D eigenvalue weighted by Gasteiger charge is -2.33. The zero-order valence-corrected chi connectivity index (χ0v) is 17.9. The van der Waals surface area contributed by atoms with Crippen molar-refractivity contribution < 1.29 is 19.8 Å². The number of rotatable bonds is 9. The Kier molecular flexibility index (Phi) is 8.37. The van der Waals surface area contributed by atoms with Crippen molar-refractivity contribution in [3.05, 3.63) is 64.7 Å². The number of phenols is 1. The molecule has 2 aromatic rings. The molecule has 4 nitrogen and oxygen atoms in total.